The third kappa shape index (κ3) is 2.58. The normalized spacial score (nSPS) is 11.7. The van der Waals surface area contributed by atoms with E-state index in [2.05, 4.69) is 4.98 Å². The smallest absolute Gasteiger partial charge is 0.266 e. The molecule has 2 heterocycles. The second-order valence-corrected chi connectivity index (χ2v) is 7.12. The molecular weight excluding hydrogens is 308 g/mol. The summed E-state index contributed by atoms with van der Waals surface area (Å²) in [4.78, 5) is 5.67. The lowest BCUT2D eigenvalue weighted by Crippen LogP contribution is -2.22. The van der Waals surface area contributed by atoms with Crippen LogP contribution in [0.2, 0.25) is 0 Å². The minimum absolute atomic E-state index is 0.0376. The molecule has 0 saturated heterocycles. The molecule has 0 spiro atoms. The number of nitrogens with zero attached hydrogens (tertiary/aromatic N) is 4. The van der Waals surface area contributed by atoms with Crippen molar-refractivity contribution >= 4 is 15.9 Å². The minimum atomic E-state index is -3.63. The van der Waals surface area contributed by atoms with E-state index in [1.54, 1.807) is 25.9 Å². The van der Waals surface area contributed by atoms with Crippen molar-refractivity contribution in [2.24, 2.45) is 0 Å². The van der Waals surface area contributed by atoms with Crippen molar-refractivity contribution in [3.8, 4) is 17.7 Å². The Labute approximate surface area is 128 Å². The van der Waals surface area contributed by atoms with E-state index < -0.39 is 10.0 Å². The average Bonchev–Trinajstić information content (AvgIpc) is 3.01. The zero-order valence-corrected chi connectivity index (χ0v) is 13.7. The molecule has 22 heavy (non-hydrogen) atoms. The van der Waals surface area contributed by atoms with Gasteiger partial charge in [-0.2, -0.15) is 10.2 Å². The van der Waals surface area contributed by atoms with Crippen molar-refractivity contribution in [2.45, 2.75) is 11.8 Å². The van der Waals surface area contributed by atoms with Crippen LogP contribution in [0.5, 0.6) is 0 Å². The van der Waals surface area contributed by atoms with Gasteiger partial charge in [-0.05, 0) is 6.92 Å². The number of hydrogen-bond donors (Lipinski definition) is 0. The molecule has 118 valence electrons. The number of hydrogen-bond acceptors (Lipinski definition) is 7. The van der Waals surface area contributed by atoms with Crippen LogP contribution >= 0.6 is 0 Å². The molecule has 0 unspecified atom stereocenters. The zero-order valence-electron chi connectivity index (χ0n) is 12.9. The molecular formula is C13H16N4O4S. The first-order chi connectivity index (χ1) is 10.2. The standard InChI is InChI=1S/C13H16N4O4S/c1-8-11(22(18,19)17(4)5)6-10(20-8)12-15-9(7-14)13(21-12)16(2)3/h6H,1-5H3. The number of anilines is 1. The molecule has 0 aliphatic heterocycles. The molecule has 0 amide bonds. The topological polar surface area (TPSA) is 104 Å². The molecule has 2 rings (SSSR count). The van der Waals surface area contributed by atoms with Crippen LogP contribution in [0.1, 0.15) is 11.5 Å². The summed E-state index contributed by atoms with van der Waals surface area (Å²) in [5, 5.41) is 9.06. The highest BCUT2D eigenvalue weighted by Gasteiger charge is 2.26. The maximum atomic E-state index is 12.2. The molecule has 9 heteroatoms. The Kier molecular flexibility index (Phi) is 4.00. The number of aryl methyl sites for hydroxylation is 1. The quantitative estimate of drug-likeness (QED) is 0.838. The summed E-state index contributed by atoms with van der Waals surface area (Å²) in [6.45, 7) is 1.54. The van der Waals surface area contributed by atoms with Crippen LogP contribution in [-0.4, -0.2) is 45.9 Å². The van der Waals surface area contributed by atoms with Crippen molar-refractivity contribution in [3.05, 3.63) is 17.5 Å². The van der Waals surface area contributed by atoms with Gasteiger partial charge in [0.1, 0.15) is 16.7 Å². The number of rotatable bonds is 4. The highest BCUT2D eigenvalue weighted by molar-refractivity contribution is 7.89. The van der Waals surface area contributed by atoms with Gasteiger partial charge in [-0.15, -0.1) is 0 Å². The monoisotopic (exact) mass is 324 g/mol. The molecule has 0 aromatic carbocycles. The van der Waals surface area contributed by atoms with Gasteiger partial charge in [0.15, 0.2) is 5.76 Å². The van der Waals surface area contributed by atoms with Crippen LogP contribution in [0, 0.1) is 18.3 Å². The molecule has 0 fully saturated rings. The SMILES string of the molecule is Cc1oc(-c2nc(C#N)c(N(C)C)o2)cc1S(=O)(=O)N(C)C. The van der Waals surface area contributed by atoms with Crippen LogP contribution in [0.15, 0.2) is 19.8 Å². The van der Waals surface area contributed by atoms with E-state index in [9.17, 15) is 8.42 Å². The Morgan fingerprint density at radius 1 is 1.23 bits per heavy atom. The number of furan rings is 1. The fraction of sp³-hybridized carbons (Fsp3) is 0.385. The predicted molar refractivity (Wildman–Crippen MR) is 78.9 cm³/mol. The lowest BCUT2D eigenvalue weighted by molar-refractivity contribution is 0.490. The van der Waals surface area contributed by atoms with E-state index in [1.165, 1.54) is 20.2 Å². The van der Waals surface area contributed by atoms with E-state index in [0.717, 1.165) is 4.31 Å². The highest BCUT2D eigenvalue weighted by Crippen LogP contribution is 2.32. The second kappa shape index (κ2) is 5.47. The number of sulfonamides is 1. The van der Waals surface area contributed by atoms with Crippen molar-refractivity contribution < 1.29 is 17.3 Å². The molecule has 0 aliphatic carbocycles. The Morgan fingerprint density at radius 3 is 2.32 bits per heavy atom. The van der Waals surface area contributed by atoms with Crippen molar-refractivity contribution in [1.29, 1.82) is 5.26 Å². The third-order valence-electron chi connectivity index (χ3n) is 2.96. The van der Waals surface area contributed by atoms with E-state index in [0.29, 0.717) is 0 Å². The third-order valence-corrected chi connectivity index (χ3v) is 4.89. The summed E-state index contributed by atoms with van der Waals surface area (Å²) in [7, 11) is 2.66. The van der Waals surface area contributed by atoms with Crippen LogP contribution in [0.4, 0.5) is 5.88 Å². The van der Waals surface area contributed by atoms with Gasteiger partial charge in [0.25, 0.3) is 5.89 Å². The maximum absolute atomic E-state index is 12.2. The van der Waals surface area contributed by atoms with Gasteiger partial charge in [-0.25, -0.2) is 12.7 Å². The Hall–Kier alpha value is -2.31. The number of aromatic nitrogens is 1. The van der Waals surface area contributed by atoms with E-state index in [4.69, 9.17) is 14.1 Å². The largest absolute Gasteiger partial charge is 0.455 e. The highest BCUT2D eigenvalue weighted by atomic mass is 32.2. The van der Waals surface area contributed by atoms with Crippen molar-refractivity contribution in [2.75, 3.05) is 33.1 Å². The molecule has 8 nitrogen and oxygen atoms in total. The van der Waals surface area contributed by atoms with Gasteiger partial charge in [-0.3, -0.25) is 0 Å². The molecule has 0 radical (unpaired) electrons. The molecule has 0 bridgehead atoms. The van der Waals surface area contributed by atoms with Crippen LogP contribution in [-0.2, 0) is 10.0 Å². The van der Waals surface area contributed by atoms with Crippen LogP contribution in [0.3, 0.4) is 0 Å². The molecule has 0 aliphatic rings. The predicted octanol–water partition coefficient (Wildman–Crippen LogP) is 1.43. The summed E-state index contributed by atoms with van der Waals surface area (Å²) in [5.41, 5.74) is 0.103. The first-order valence-electron chi connectivity index (χ1n) is 6.30. The van der Waals surface area contributed by atoms with Crippen molar-refractivity contribution in [1.82, 2.24) is 9.29 Å². The molecule has 2 aromatic heterocycles. The fourth-order valence-corrected chi connectivity index (χ4v) is 2.87. The number of nitriles is 1. The van der Waals surface area contributed by atoms with Gasteiger partial charge in [0.2, 0.25) is 21.6 Å². The van der Waals surface area contributed by atoms with Gasteiger partial charge >= 0.3 is 0 Å². The summed E-state index contributed by atoms with van der Waals surface area (Å²) < 4.78 is 36.4. The Bertz CT molecular complexity index is 840. The zero-order chi connectivity index (χ0) is 16.7. The van der Waals surface area contributed by atoms with Gasteiger partial charge in [0.05, 0.1) is 0 Å². The van der Waals surface area contributed by atoms with E-state index >= 15 is 0 Å². The molecule has 2 aromatic rings. The Balaban J connectivity index is 2.55. The summed E-state index contributed by atoms with van der Waals surface area (Å²) in [6.07, 6.45) is 0. The van der Waals surface area contributed by atoms with Crippen molar-refractivity contribution in [3.63, 3.8) is 0 Å². The Morgan fingerprint density at radius 2 is 1.86 bits per heavy atom. The van der Waals surface area contributed by atoms with E-state index in [-0.39, 0.29) is 33.9 Å². The first kappa shape index (κ1) is 16.1. The first-order valence-corrected chi connectivity index (χ1v) is 7.74. The van der Waals surface area contributed by atoms with E-state index in [1.807, 2.05) is 6.07 Å². The van der Waals surface area contributed by atoms with Crippen LogP contribution in [0.25, 0.3) is 11.7 Å². The average molecular weight is 324 g/mol. The number of oxazole rings is 1. The molecule has 0 N–H and O–H groups in total. The molecule has 0 atom stereocenters. The summed E-state index contributed by atoms with van der Waals surface area (Å²) in [5.74, 6) is 0.724. The molecule has 0 saturated carbocycles. The second-order valence-electron chi connectivity index (χ2n) is 5.00. The fourth-order valence-electron chi connectivity index (χ4n) is 1.82. The lowest BCUT2D eigenvalue weighted by Gasteiger charge is -2.09. The van der Waals surface area contributed by atoms with Gasteiger partial charge < -0.3 is 13.7 Å². The lowest BCUT2D eigenvalue weighted by atomic mass is 10.4. The minimum Gasteiger partial charge on any atom is -0.455 e. The van der Waals surface area contributed by atoms with Gasteiger partial charge in [0, 0.05) is 34.3 Å². The summed E-state index contributed by atoms with van der Waals surface area (Å²) >= 11 is 0. The maximum Gasteiger partial charge on any atom is 0.266 e. The van der Waals surface area contributed by atoms with Gasteiger partial charge in [-0.1, -0.05) is 0 Å². The summed E-state index contributed by atoms with van der Waals surface area (Å²) in [6, 6.07) is 3.27. The van der Waals surface area contributed by atoms with Crippen LogP contribution < -0.4 is 4.90 Å².